The molecule has 0 amide bonds. The van der Waals surface area contributed by atoms with Crippen LogP contribution in [0.1, 0.15) is 12.0 Å². The minimum atomic E-state index is -0.232. The topological polar surface area (TPSA) is 51.7 Å². The highest BCUT2D eigenvalue weighted by atomic mass is 16.5. The maximum atomic E-state index is 11.8. The molecule has 0 saturated carbocycles. The third-order valence-electron chi connectivity index (χ3n) is 3.76. The van der Waals surface area contributed by atoms with E-state index in [4.69, 9.17) is 9.47 Å². The largest absolute Gasteiger partial charge is 0.461 e. The van der Waals surface area contributed by atoms with E-state index in [1.807, 2.05) is 18.3 Å². The molecule has 0 aromatic carbocycles. The number of hydrogen-bond donors (Lipinski definition) is 0. The summed E-state index contributed by atoms with van der Waals surface area (Å²) >= 11 is 0. The van der Waals surface area contributed by atoms with Crippen molar-refractivity contribution in [3.8, 4) is 0 Å². The predicted molar refractivity (Wildman–Crippen MR) is 95.0 cm³/mol. The van der Waals surface area contributed by atoms with Gasteiger partial charge in [-0.05, 0) is 23.6 Å². The molecule has 2 heterocycles. The van der Waals surface area contributed by atoms with Crippen molar-refractivity contribution in [2.45, 2.75) is 12.8 Å². The van der Waals surface area contributed by atoms with E-state index in [2.05, 4.69) is 23.0 Å². The van der Waals surface area contributed by atoms with Crippen LogP contribution in [0.5, 0.6) is 0 Å². The summed E-state index contributed by atoms with van der Waals surface area (Å²) in [4.78, 5) is 18.5. The number of anilines is 1. The second-order valence-corrected chi connectivity index (χ2v) is 5.47. The molecule has 128 valence electrons. The molecule has 0 radical (unpaired) electrons. The van der Waals surface area contributed by atoms with E-state index in [-0.39, 0.29) is 12.6 Å². The van der Waals surface area contributed by atoms with Crippen molar-refractivity contribution >= 4 is 11.8 Å². The molecule has 1 fully saturated rings. The average molecular weight is 328 g/mol. The molecule has 0 spiro atoms. The van der Waals surface area contributed by atoms with Gasteiger partial charge in [0.15, 0.2) is 0 Å². The van der Waals surface area contributed by atoms with Gasteiger partial charge in [-0.1, -0.05) is 37.5 Å². The van der Waals surface area contributed by atoms with Crippen molar-refractivity contribution in [3.63, 3.8) is 0 Å². The van der Waals surface area contributed by atoms with E-state index < -0.39 is 0 Å². The molecule has 1 aliphatic rings. The lowest BCUT2D eigenvalue weighted by Crippen LogP contribution is -2.36. The molecule has 0 aliphatic carbocycles. The van der Waals surface area contributed by atoms with E-state index in [9.17, 15) is 4.79 Å². The summed E-state index contributed by atoms with van der Waals surface area (Å²) in [6, 6.07) is 4.01. The molecule has 1 aromatic rings. The normalized spacial score (nSPS) is 15.0. The van der Waals surface area contributed by atoms with Gasteiger partial charge < -0.3 is 14.4 Å². The Bertz CT molecular complexity index is 587. The molecule has 0 N–H and O–H groups in total. The van der Waals surface area contributed by atoms with Crippen LogP contribution in [0, 0.1) is 0 Å². The van der Waals surface area contributed by atoms with Crippen LogP contribution in [-0.2, 0) is 20.7 Å². The first kappa shape index (κ1) is 17.9. The zero-order chi connectivity index (χ0) is 17.2. The fourth-order valence-electron chi connectivity index (χ4n) is 2.35. The lowest BCUT2D eigenvalue weighted by atomic mass is 10.1. The molecule has 0 bridgehead atoms. The van der Waals surface area contributed by atoms with Crippen LogP contribution in [0.2, 0.25) is 0 Å². The zero-order valence-corrected chi connectivity index (χ0v) is 13.9. The Balaban J connectivity index is 1.77. The van der Waals surface area contributed by atoms with Gasteiger partial charge in [0, 0.05) is 25.7 Å². The molecule has 0 unspecified atom stereocenters. The first-order chi connectivity index (χ1) is 11.7. The highest BCUT2D eigenvalue weighted by molar-refractivity contribution is 5.70. The predicted octanol–water partition coefficient (Wildman–Crippen LogP) is 2.69. The number of pyridine rings is 1. The molecule has 24 heavy (non-hydrogen) atoms. The van der Waals surface area contributed by atoms with Crippen LogP contribution in [0.25, 0.3) is 0 Å². The van der Waals surface area contributed by atoms with Crippen molar-refractivity contribution in [3.05, 3.63) is 60.9 Å². The Hall–Kier alpha value is -2.40. The van der Waals surface area contributed by atoms with Gasteiger partial charge in [0.25, 0.3) is 0 Å². The van der Waals surface area contributed by atoms with E-state index in [0.29, 0.717) is 12.8 Å². The minimum Gasteiger partial charge on any atom is -0.461 e. The van der Waals surface area contributed by atoms with E-state index >= 15 is 0 Å². The van der Waals surface area contributed by atoms with Crippen LogP contribution >= 0.6 is 0 Å². The van der Waals surface area contributed by atoms with Gasteiger partial charge in [-0.3, -0.25) is 4.79 Å². The second-order valence-electron chi connectivity index (χ2n) is 5.47. The monoisotopic (exact) mass is 328 g/mol. The number of morpholine rings is 1. The number of esters is 1. The van der Waals surface area contributed by atoms with Crippen molar-refractivity contribution in [2.24, 2.45) is 0 Å². The van der Waals surface area contributed by atoms with Crippen LogP contribution in [-0.4, -0.2) is 43.9 Å². The summed E-state index contributed by atoms with van der Waals surface area (Å²) in [6.45, 7) is 10.7. The summed E-state index contributed by atoms with van der Waals surface area (Å²) in [6.07, 6.45) is 7.84. The average Bonchev–Trinajstić information content (AvgIpc) is 2.64. The van der Waals surface area contributed by atoms with Gasteiger partial charge >= 0.3 is 5.97 Å². The highest BCUT2D eigenvalue weighted by Crippen LogP contribution is 2.14. The number of nitrogens with zero attached hydrogens (tertiary/aromatic N) is 2. The van der Waals surface area contributed by atoms with Crippen LogP contribution < -0.4 is 4.90 Å². The maximum absolute atomic E-state index is 11.8. The lowest BCUT2D eigenvalue weighted by Gasteiger charge is -2.27. The third-order valence-corrected chi connectivity index (χ3v) is 3.76. The van der Waals surface area contributed by atoms with Crippen molar-refractivity contribution in [2.75, 3.05) is 37.8 Å². The van der Waals surface area contributed by atoms with Gasteiger partial charge in [-0.25, -0.2) is 4.98 Å². The van der Waals surface area contributed by atoms with Crippen LogP contribution in [0.15, 0.2) is 55.3 Å². The molecule has 0 atom stereocenters. The van der Waals surface area contributed by atoms with E-state index in [1.165, 1.54) is 0 Å². The number of carbonyl (C=O) groups is 1. The molecule has 5 heteroatoms. The van der Waals surface area contributed by atoms with Gasteiger partial charge in [0.1, 0.15) is 12.4 Å². The molecule has 1 aromatic heterocycles. The molecular formula is C19H24N2O3. The van der Waals surface area contributed by atoms with Crippen LogP contribution in [0.4, 0.5) is 5.82 Å². The Labute approximate surface area is 143 Å². The molecular weight excluding hydrogens is 304 g/mol. The van der Waals surface area contributed by atoms with Crippen LogP contribution in [0.3, 0.4) is 0 Å². The number of rotatable bonds is 8. The van der Waals surface area contributed by atoms with E-state index in [0.717, 1.165) is 43.3 Å². The first-order valence-corrected chi connectivity index (χ1v) is 8.10. The van der Waals surface area contributed by atoms with Gasteiger partial charge in [-0.15, -0.1) is 0 Å². The minimum absolute atomic E-state index is 0.225. The highest BCUT2D eigenvalue weighted by Gasteiger charge is 2.12. The number of ether oxygens (including phenoxy) is 2. The SMILES string of the molecule is C=C/C=C(\C=C)COC(=O)CCc1ccc(N2CCOCC2)nc1. The second kappa shape index (κ2) is 9.67. The van der Waals surface area contributed by atoms with Gasteiger partial charge in [-0.2, -0.15) is 0 Å². The standard InChI is InChI=1S/C19H24N2O3/c1-3-5-16(4-2)15-24-19(22)9-7-17-6-8-18(20-14-17)21-10-12-23-13-11-21/h3-6,8,14H,1-2,7,9-13,15H2/b16-5+. The molecule has 2 rings (SSSR count). The third kappa shape index (κ3) is 5.66. The number of carbonyl (C=O) groups excluding carboxylic acids is 1. The van der Waals surface area contributed by atoms with Crippen molar-refractivity contribution < 1.29 is 14.3 Å². The molecule has 5 nitrogen and oxygen atoms in total. The Kier molecular flexibility index (Phi) is 7.23. The van der Waals surface area contributed by atoms with Gasteiger partial charge in [0.2, 0.25) is 0 Å². The van der Waals surface area contributed by atoms with Crippen molar-refractivity contribution in [1.82, 2.24) is 4.98 Å². The summed E-state index contributed by atoms with van der Waals surface area (Å²) < 4.78 is 10.6. The number of hydrogen-bond acceptors (Lipinski definition) is 5. The summed E-state index contributed by atoms with van der Waals surface area (Å²) in [7, 11) is 0. The fourth-order valence-corrected chi connectivity index (χ4v) is 2.35. The quantitative estimate of drug-likeness (QED) is 0.542. The molecule has 1 aliphatic heterocycles. The Morgan fingerprint density at radius 2 is 2.12 bits per heavy atom. The smallest absolute Gasteiger partial charge is 0.306 e. The summed E-state index contributed by atoms with van der Waals surface area (Å²) in [5.74, 6) is 0.721. The fraction of sp³-hybridized carbons (Fsp3) is 0.368. The lowest BCUT2D eigenvalue weighted by molar-refractivity contribution is -0.142. The van der Waals surface area contributed by atoms with Crippen molar-refractivity contribution in [1.29, 1.82) is 0 Å². The van der Waals surface area contributed by atoms with Gasteiger partial charge in [0.05, 0.1) is 13.2 Å². The Morgan fingerprint density at radius 3 is 2.75 bits per heavy atom. The number of allylic oxidation sites excluding steroid dienone is 2. The first-order valence-electron chi connectivity index (χ1n) is 8.10. The Morgan fingerprint density at radius 1 is 1.33 bits per heavy atom. The summed E-state index contributed by atoms with van der Waals surface area (Å²) in [5, 5.41) is 0. The summed E-state index contributed by atoms with van der Waals surface area (Å²) in [5.41, 5.74) is 1.85. The maximum Gasteiger partial charge on any atom is 0.306 e. The number of aromatic nitrogens is 1. The zero-order valence-electron chi connectivity index (χ0n) is 13.9. The van der Waals surface area contributed by atoms with E-state index in [1.54, 1.807) is 18.2 Å². The number of aryl methyl sites for hydroxylation is 1. The molecule has 1 saturated heterocycles.